The highest BCUT2D eigenvalue weighted by atomic mass is 16.6. The van der Waals surface area contributed by atoms with E-state index >= 15 is 0 Å². The van der Waals surface area contributed by atoms with Crippen LogP contribution in [0.4, 0.5) is 4.79 Å². The van der Waals surface area contributed by atoms with Gasteiger partial charge in [-0.2, -0.15) is 0 Å². The number of ether oxygens (including phenoxy) is 2. The zero-order valence-electron chi connectivity index (χ0n) is 15.6. The molecule has 0 radical (unpaired) electrons. The third-order valence-electron chi connectivity index (χ3n) is 5.40. The van der Waals surface area contributed by atoms with Crippen molar-refractivity contribution in [3.05, 3.63) is 17.4 Å². The molecule has 0 N–H and O–H groups in total. The van der Waals surface area contributed by atoms with Crippen LogP contribution in [0.15, 0.2) is 17.4 Å². The van der Waals surface area contributed by atoms with Gasteiger partial charge in [-0.05, 0) is 62.9 Å². The summed E-state index contributed by atoms with van der Waals surface area (Å²) in [6.07, 6.45) is 9.52. The first-order valence-electron chi connectivity index (χ1n) is 9.61. The molecule has 2 rings (SSSR count). The van der Waals surface area contributed by atoms with Crippen LogP contribution >= 0.6 is 0 Å². The lowest BCUT2D eigenvalue weighted by atomic mass is 9.67. The number of amides is 1. The third kappa shape index (κ3) is 5.93. The molecule has 1 aliphatic carbocycles. The van der Waals surface area contributed by atoms with Crippen LogP contribution in [0.2, 0.25) is 0 Å². The van der Waals surface area contributed by atoms with Gasteiger partial charge in [0.1, 0.15) is 0 Å². The molecule has 1 saturated carbocycles. The molecule has 1 heterocycles. The summed E-state index contributed by atoms with van der Waals surface area (Å²) in [5.41, 5.74) is 4.67. The minimum absolute atomic E-state index is 0.155. The van der Waals surface area contributed by atoms with Gasteiger partial charge in [-0.1, -0.05) is 13.3 Å². The molecule has 0 aromatic carbocycles. The molecule has 1 spiro atoms. The molecule has 2 aliphatic rings. The van der Waals surface area contributed by atoms with Gasteiger partial charge in [0.15, 0.2) is 0 Å². The predicted molar refractivity (Wildman–Crippen MR) is 96.2 cm³/mol. The monoisotopic (exact) mass is 349 g/mol. The topological polar surface area (TPSA) is 55.8 Å². The number of likely N-dealkylation sites (tertiary alicyclic amines) is 1. The molecular weight excluding hydrogens is 318 g/mol. The fraction of sp³-hybridized carbons (Fsp3) is 0.750. The van der Waals surface area contributed by atoms with Gasteiger partial charge < -0.3 is 14.4 Å². The lowest BCUT2D eigenvalue weighted by Gasteiger charge is -2.44. The molecule has 25 heavy (non-hydrogen) atoms. The first-order valence-corrected chi connectivity index (χ1v) is 9.61. The second-order valence-corrected chi connectivity index (χ2v) is 7.10. The number of carbonyl (C=O) groups excluding carboxylic acids is 2. The molecule has 0 bridgehead atoms. The van der Waals surface area contributed by atoms with Crippen LogP contribution in [-0.2, 0) is 14.3 Å². The minimum Gasteiger partial charge on any atom is -0.462 e. The van der Waals surface area contributed by atoms with E-state index in [1.54, 1.807) is 6.92 Å². The summed E-state index contributed by atoms with van der Waals surface area (Å²) in [7, 11) is 0. The van der Waals surface area contributed by atoms with E-state index in [0.29, 0.717) is 18.6 Å². The summed E-state index contributed by atoms with van der Waals surface area (Å²) in [5, 5.41) is 0. The Morgan fingerprint density at radius 1 is 1.12 bits per heavy atom. The maximum atomic E-state index is 12.0. The molecule has 2 fully saturated rings. The van der Waals surface area contributed by atoms with Gasteiger partial charge in [0, 0.05) is 13.1 Å². The van der Waals surface area contributed by atoms with E-state index in [4.69, 9.17) is 9.47 Å². The van der Waals surface area contributed by atoms with Crippen molar-refractivity contribution < 1.29 is 19.1 Å². The molecule has 0 atom stereocenters. The quantitative estimate of drug-likeness (QED) is 0.323. The van der Waals surface area contributed by atoms with Crippen LogP contribution < -0.4 is 0 Å². The van der Waals surface area contributed by atoms with E-state index < -0.39 is 0 Å². The zero-order valence-corrected chi connectivity index (χ0v) is 15.6. The van der Waals surface area contributed by atoms with Crippen LogP contribution in [0.5, 0.6) is 0 Å². The number of rotatable bonds is 5. The Morgan fingerprint density at radius 2 is 1.80 bits per heavy atom. The Balaban J connectivity index is 1.78. The first-order chi connectivity index (χ1) is 12.1. The summed E-state index contributed by atoms with van der Waals surface area (Å²) in [6, 6.07) is 0. The van der Waals surface area contributed by atoms with E-state index in [2.05, 4.69) is 12.7 Å². The van der Waals surface area contributed by atoms with Gasteiger partial charge in [0.2, 0.25) is 0 Å². The highest BCUT2D eigenvalue weighted by Crippen LogP contribution is 2.45. The summed E-state index contributed by atoms with van der Waals surface area (Å²) < 4.78 is 10.2. The molecule has 1 saturated heterocycles. The van der Waals surface area contributed by atoms with E-state index in [1.165, 1.54) is 11.6 Å². The standard InChI is InChI=1S/C20H31NO4/c1-3-5-16-25-19(23)21-14-12-20(13-15-21)10-8-17(9-11-20)6-7-18(22)24-4-2/h7H,3-5,8-16H2,1-2H3. The SMILES string of the molecule is CCCCOC(=O)N1CCC2(CCC(=C=CC(=O)OCC)CC2)CC1. The van der Waals surface area contributed by atoms with Gasteiger partial charge in [-0.25, -0.2) is 9.59 Å². The maximum Gasteiger partial charge on any atom is 0.409 e. The summed E-state index contributed by atoms with van der Waals surface area (Å²) in [5.74, 6) is -0.315. The Labute approximate surface area is 151 Å². The Bertz CT molecular complexity index is 514. The number of hydrogen-bond acceptors (Lipinski definition) is 4. The molecule has 5 heteroatoms. The number of hydrogen-bond donors (Lipinski definition) is 0. The summed E-state index contributed by atoms with van der Waals surface area (Å²) >= 11 is 0. The lowest BCUT2D eigenvalue weighted by Crippen LogP contribution is -2.44. The van der Waals surface area contributed by atoms with E-state index in [-0.39, 0.29) is 12.1 Å². The number of esters is 1. The molecule has 0 aromatic heterocycles. The van der Waals surface area contributed by atoms with E-state index in [0.717, 1.165) is 64.5 Å². The van der Waals surface area contributed by atoms with Crippen molar-refractivity contribution in [1.29, 1.82) is 0 Å². The van der Waals surface area contributed by atoms with Gasteiger partial charge in [-0.3, -0.25) is 0 Å². The smallest absolute Gasteiger partial charge is 0.409 e. The van der Waals surface area contributed by atoms with Gasteiger partial charge in [0.05, 0.1) is 19.3 Å². The first kappa shape index (κ1) is 19.6. The molecule has 140 valence electrons. The van der Waals surface area contributed by atoms with Crippen LogP contribution in [0.25, 0.3) is 0 Å². The van der Waals surface area contributed by atoms with Crippen molar-refractivity contribution in [2.24, 2.45) is 5.41 Å². The van der Waals surface area contributed by atoms with Crippen molar-refractivity contribution in [3.63, 3.8) is 0 Å². The van der Waals surface area contributed by atoms with Gasteiger partial charge >= 0.3 is 12.1 Å². The van der Waals surface area contributed by atoms with Crippen molar-refractivity contribution in [2.75, 3.05) is 26.3 Å². The molecule has 0 aromatic rings. The van der Waals surface area contributed by atoms with Crippen LogP contribution in [0, 0.1) is 5.41 Å². The summed E-state index contributed by atoms with van der Waals surface area (Å²) in [4.78, 5) is 25.3. The van der Waals surface area contributed by atoms with Crippen LogP contribution in [0.3, 0.4) is 0 Å². The Kier molecular flexibility index (Phi) is 7.57. The Hall–Kier alpha value is -1.74. The van der Waals surface area contributed by atoms with Crippen LogP contribution in [-0.4, -0.2) is 43.3 Å². The maximum absolute atomic E-state index is 12.0. The number of unbranched alkanes of at least 4 members (excludes halogenated alkanes) is 1. The third-order valence-corrected chi connectivity index (χ3v) is 5.40. The van der Waals surface area contributed by atoms with E-state index in [9.17, 15) is 9.59 Å². The normalized spacial score (nSPS) is 19.3. The van der Waals surface area contributed by atoms with Crippen LogP contribution in [0.1, 0.15) is 65.2 Å². The second-order valence-electron chi connectivity index (χ2n) is 7.10. The predicted octanol–water partition coefficient (Wildman–Crippen LogP) is 4.22. The molecule has 1 amide bonds. The fourth-order valence-electron chi connectivity index (χ4n) is 3.63. The number of nitrogens with zero attached hydrogens (tertiary/aromatic N) is 1. The van der Waals surface area contributed by atoms with Crippen molar-refractivity contribution in [1.82, 2.24) is 4.90 Å². The highest BCUT2D eigenvalue weighted by Gasteiger charge is 2.38. The lowest BCUT2D eigenvalue weighted by molar-refractivity contribution is -0.137. The van der Waals surface area contributed by atoms with E-state index in [1.807, 2.05) is 4.90 Å². The van der Waals surface area contributed by atoms with Gasteiger partial charge in [-0.15, -0.1) is 5.73 Å². The average molecular weight is 349 g/mol. The zero-order chi connectivity index (χ0) is 18.1. The minimum atomic E-state index is -0.315. The van der Waals surface area contributed by atoms with Crippen molar-refractivity contribution in [2.45, 2.75) is 65.2 Å². The average Bonchev–Trinajstić information content (AvgIpc) is 2.62. The van der Waals surface area contributed by atoms with Gasteiger partial charge in [0.25, 0.3) is 0 Å². The largest absolute Gasteiger partial charge is 0.462 e. The number of carbonyl (C=O) groups is 2. The molecule has 1 aliphatic heterocycles. The Morgan fingerprint density at radius 3 is 2.40 bits per heavy atom. The molecule has 5 nitrogen and oxygen atoms in total. The summed E-state index contributed by atoms with van der Waals surface area (Å²) in [6.45, 7) is 6.40. The second kappa shape index (κ2) is 9.67. The van der Waals surface area contributed by atoms with Crippen molar-refractivity contribution >= 4 is 12.1 Å². The molecular formula is C20H31NO4. The van der Waals surface area contributed by atoms with Crippen molar-refractivity contribution in [3.8, 4) is 0 Å². The number of piperidine rings is 1. The highest BCUT2D eigenvalue weighted by molar-refractivity contribution is 5.81. The fourth-order valence-corrected chi connectivity index (χ4v) is 3.63. The molecule has 0 unspecified atom stereocenters.